The predicted octanol–water partition coefficient (Wildman–Crippen LogP) is 5.10. The van der Waals surface area contributed by atoms with E-state index in [-0.39, 0.29) is 18.9 Å². The Hall–Kier alpha value is -3.91. The molecule has 1 saturated heterocycles. The van der Waals surface area contributed by atoms with Gasteiger partial charge in [-0.25, -0.2) is 4.98 Å². The second kappa shape index (κ2) is 8.39. The van der Waals surface area contributed by atoms with Gasteiger partial charge in [0.05, 0.1) is 17.8 Å². The SMILES string of the molecule is Cc1ccnc(-n2c(C)cc([C@H]3[C@H](c4ccccn4)NC(=S)N3c3ccc4c(c3)OCO4)c2C)c1. The Morgan fingerprint density at radius 1 is 0.943 bits per heavy atom. The summed E-state index contributed by atoms with van der Waals surface area (Å²) in [5.41, 5.74) is 6.42. The van der Waals surface area contributed by atoms with E-state index in [0.29, 0.717) is 5.11 Å². The highest BCUT2D eigenvalue weighted by atomic mass is 32.1. The fourth-order valence-electron chi connectivity index (χ4n) is 5.07. The molecule has 7 nitrogen and oxygen atoms in total. The van der Waals surface area contributed by atoms with Crippen LogP contribution in [0.5, 0.6) is 11.5 Å². The van der Waals surface area contributed by atoms with Crippen molar-refractivity contribution < 1.29 is 9.47 Å². The standard InChI is InChI=1S/C27H25N5O2S/c1-16-9-11-29-24(12-16)31-17(2)13-20(18(31)3)26-25(21-6-4-5-10-28-21)30-27(35)32(26)19-7-8-22-23(14-19)34-15-33-22/h4-14,25-26H,15H2,1-3H3,(H,30,35)/t25-,26-/m0/s1. The summed E-state index contributed by atoms with van der Waals surface area (Å²) in [6.45, 7) is 6.56. The van der Waals surface area contributed by atoms with Crippen LogP contribution in [-0.4, -0.2) is 26.4 Å². The van der Waals surface area contributed by atoms with Crippen LogP contribution in [0.3, 0.4) is 0 Å². The Morgan fingerprint density at radius 3 is 2.60 bits per heavy atom. The van der Waals surface area contributed by atoms with Crippen molar-refractivity contribution >= 4 is 23.0 Å². The summed E-state index contributed by atoms with van der Waals surface area (Å²) in [7, 11) is 0. The maximum absolute atomic E-state index is 5.89. The maximum Gasteiger partial charge on any atom is 0.231 e. The van der Waals surface area contributed by atoms with E-state index in [9.17, 15) is 0 Å². The molecule has 2 aliphatic rings. The first-order valence-corrected chi connectivity index (χ1v) is 11.9. The molecule has 4 aromatic rings. The van der Waals surface area contributed by atoms with Crippen molar-refractivity contribution in [2.45, 2.75) is 32.9 Å². The van der Waals surface area contributed by atoms with Crippen LogP contribution in [0.4, 0.5) is 5.69 Å². The molecule has 1 aromatic carbocycles. The molecular formula is C27H25N5O2S. The Labute approximate surface area is 209 Å². The number of benzene rings is 1. The number of pyridine rings is 2. The summed E-state index contributed by atoms with van der Waals surface area (Å²) in [4.78, 5) is 11.5. The number of nitrogens with one attached hydrogen (secondary N) is 1. The highest BCUT2D eigenvalue weighted by Gasteiger charge is 2.42. The summed E-state index contributed by atoms with van der Waals surface area (Å²) < 4.78 is 13.4. The van der Waals surface area contributed by atoms with E-state index in [1.54, 1.807) is 0 Å². The van der Waals surface area contributed by atoms with E-state index in [0.717, 1.165) is 45.6 Å². The molecule has 176 valence electrons. The number of hydrogen-bond acceptors (Lipinski definition) is 5. The van der Waals surface area contributed by atoms with E-state index in [2.05, 4.69) is 57.7 Å². The number of ether oxygens (including phenoxy) is 2. The van der Waals surface area contributed by atoms with Gasteiger partial charge in [-0.1, -0.05) is 6.07 Å². The number of aromatic nitrogens is 3. The number of hydrogen-bond donors (Lipinski definition) is 1. The molecule has 0 saturated carbocycles. The number of anilines is 1. The molecule has 8 heteroatoms. The molecule has 6 rings (SSSR count). The number of rotatable bonds is 4. The largest absolute Gasteiger partial charge is 0.454 e. The second-order valence-corrected chi connectivity index (χ2v) is 9.27. The van der Waals surface area contributed by atoms with Gasteiger partial charge in [0.25, 0.3) is 0 Å². The van der Waals surface area contributed by atoms with Crippen LogP contribution < -0.4 is 19.7 Å². The van der Waals surface area contributed by atoms with E-state index in [1.807, 2.05) is 54.9 Å². The van der Waals surface area contributed by atoms with Gasteiger partial charge in [0.2, 0.25) is 6.79 Å². The molecule has 2 aliphatic heterocycles. The molecule has 3 aromatic heterocycles. The average Bonchev–Trinajstić information content (AvgIpc) is 3.54. The van der Waals surface area contributed by atoms with Gasteiger partial charge in [0.1, 0.15) is 5.82 Å². The third kappa shape index (κ3) is 3.61. The fourth-order valence-corrected chi connectivity index (χ4v) is 5.41. The summed E-state index contributed by atoms with van der Waals surface area (Å²) in [6, 6.07) is 18.0. The minimum absolute atomic E-state index is 0.123. The molecule has 0 amide bonds. The lowest BCUT2D eigenvalue weighted by atomic mass is 9.96. The zero-order valence-corrected chi connectivity index (χ0v) is 20.5. The number of nitrogens with zero attached hydrogens (tertiary/aromatic N) is 4. The van der Waals surface area contributed by atoms with Gasteiger partial charge >= 0.3 is 0 Å². The monoisotopic (exact) mass is 483 g/mol. The lowest BCUT2D eigenvalue weighted by molar-refractivity contribution is 0.174. The fraction of sp³-hybridized carbons (Fsp3) is 0.222. The van der Waals surface area contributed by atoms with Crippen molar-refractivity contribution in [3.8, 4) is 17.3 Å². The molecule has 0 unspecified atom stereocenters. The van der Waals surface area contributed by atoms with Crippen molar-refractivity contribution in [3.63, 3.8) is 0 Å². The van der Waals surface area contributed by atoms with Gasteiger partial charge in [-0.3, -0.25) is 4.98 Å². The summed E-state index contributed by atoms with van der Waals surface area (Å²) in [6.07, 6.45) is 3.67. The molecule has 0 aliphatic carbocycles. The Morgan fingerprint density at radius 2 is 1.80 bits per heavy atom. The summed E-state index contributed by atoms with van der Waals surface area (Å²) in [5, 5.41) is 4.18. The molecular weight excluding hydrogens is 458 g/mol. The second-order valence-electron chi connectivity index (χ2n) is 8.89. The van der Waals surface area contributed by atoms with Crippen LogP contribution in [0.25, 0.3) is 5.82 Å². The molecule has 0 bridgehead atoms. The average molecular weight is 484 g/mol. The van der Waals surface area contributed by atoms with E-state index >= 15 is 0 Å². The van der Waals surface area contributed by atoms with Gasteiger partial charge in [0.15, 0.2) is 16.6 Å². The third-order valence-electron chi connectivity index (χ3n) is 6.65. The quantitative estimate of drug-likeness (QED) is 0.405. The first-order valence-electron chi connectivity index (χ1n) is 11.5. The first kappa shape index (κ1) is 21.6. The minimum atomic E-state index is -0.131. The number of aryl methyl sites for hydroxylation is 2. The Bertz CT molecular complexity index is 1440. The van der Waals surface area contributed by atoms with E-state index in [1.165, 1.54) is 5.56 Å². The van der Waals surface area contributed by atoms with Crippen LogP contribution in [0.15, 0.2) is 67.0 Å². The van der Waals surface area contributed by atoms with Crippen LogP contribution >= 0.6 is 12.2 Å². The van der Waals surface area contributed by atoms with Crippen LogP contribution in [-0.2, 0) is 0 Å². The minimum Gasteiger partial charge on any atom is -0.454 e. The highest BCUT2D eigenvalue weighted by molar-refractivity contribution is 7.80. The molecule has 1 fully saturated rings. The number of thiocarbonyl (C=S) groups is 1. The molecule has 0 radical (unpaired) electrons. The first-order chi connectivity index (χ1) is 17.0. The topological polar surface area (TPSA) is 64.4 Å². The summed E-state index contributed by atoms with van der Waals surface area (Å²) >= 11 is 5.89. The van der Waals surface area contributed by atoms with Crippen molar-refractivity contribution in [2.24, 2.45) is 0 Å². The molecule has 2 atom stereocenters. The highest BCUT2D eigenvalue weighted by Crippen LogP contribution is 2.45. The zero-order valence-electron chi connectivity index (χ0n) is 19.7. The predicted molar refractivity (Wildman–Crippen MR) is 138 cm³/mol. The van der Waals surface area contributed by atoms with Crippen LogP contribution in [0, 0.1) is 20.8 Å². The van der Waals surface area contributed by atoms with Crippen molar-refractivity contribution in [2.75, 3.05) is 11.7 Å². The lowest BCUT2D eigenvalue weighted by Gasteiger charge is -2.28. The molecule has 5 heterocycles. The Balaban J connectivity index is 1.51. The molecule has 35 heavy (non-hydrogen) atoms. The zero-order chi connectivity index (χ0) is 24.1. The summed E-state index contributed by atoms with van der Waals surface area (Å²) in [5.74, 6) is 2.37. The third-order valence-corrected chi connectivity index (χ3v) is 6.97. The van der Waals surface area contributed by atoms with Crippen molar-refractivity contribution in [1.29, 1.82) is 0 Å². The van der Waals surface area contributed by atoms with Gasteiger partial charge in [-0.15, -0.1) is 0 Å². The van der Waals surface area contributed by atoms with Gasteiger partial charge < -0.3 is 24.3 Å². The Kier molecular flexibility index (Phi) is 5.18. The lowest BCUT2D eigenvalue weighted by Crippen LogP contribution is -2.29. The molecule has 1 N–H and O–H groups in total. The van der Waals surface area contributed by atoms with E-state index in [4.69, 9.17) is 21.7 Å². The van der Waals surface area contributed by atoms with Crippen LogP contribution in [0.2, 0.25) is 0 Å². The van der Waals surface area contributed by atoms with Gasteiger partial charge in [-0.05, 0) is 86.6 Å². The van der Waals surface area contributed by atoms with Gasteiger partial charge in [0, 0.05) is 35.5 Å². The van der Waals surface area contributed by atoms with Crippen LogP contribution in [0.1, 0.15) is 40.3 Å². The number of fused-ring (bicyclic) bond motifs is 1. The van der Waals surface area contributed by atoms with Crippen molar-refractivity contribution in [1.82, 2.24) is 19.9 Å². The smallest absolute Gasteiger partial charge is 0.231 e. The normalized spacial score (nSPS) is 18.7. The van der Waals surface area contributed by atoms with E-state index < -0.39 is 0 Å². The van der Waals surface area contributed by atoms with Crippen molar-refractivity contribution in [3.05, 3.63) is 95.2 Å². The van der Waals surface area contributed by atoms with Gasteiger partial charge in [-0.2, -0.15) is 0 Å². The molecule has 0 spiro atoms. The maximum atomic E-state index is 5.89.